The van der Waals surface area contributed by atoms with Crippen LogP contribution in [0, 0.1) is 0 Å². The van der Waals surface area contributed by atoms with E-state index in [2.05, 4.69) is 15.9 Å². The van der Waals surface area contributed by atoms with Crippen molar-refractivity contribution in [2.45, 2.75) is 19.3 Å². The van der Waals surface area contributed by atoms with Crippen LogP contribution >= 0.6 is 11.3 Å². The summed E-state index contributed by atoms with van der Waals surface area (Å²) in [5.41, 5.74) is 5.77. The third kappa shape index (κ3) is 4.10. The van der Waals surface area contributed by atoms with Crippen LogP contribution in [0.4, 0.5) is 0 Å². The van der Waals surface area contributed by atoms with Crippen molar-refractivity contribution < 1.29 is 15.4 Å². The molecule has 1 aromatic carbocycles. The highest BCUT2D eigenvalue weighted by Gasteiger charge is 2.14. The Kier molecular flexibility index (Phi) is 5.40. The van der Waals surface area contributed by atoms with E-state index in [0.717, 1.165) is 41.8 Å². The van der Waals surface area contributed by atoms with Gasteiger partial charge in [0, 0.05) is 5.57 Å². The number of phenols is 1. The van der Waals surface area contributed by atoms with E-state index in [4.69, 9.17) is 4.52 Å². The quantitative estimate of drug-likeness (QED) is 0.644. The van der Waals surface area contributed by atoms with Gasteiger partial charge in [0.1, 0.15) is 5.75 Å². The molecule has 0 radical (unpaired) electrons. The van der Waals surface area contributed by atoms with E-state index in [1.807, 2.05) is 35.7 Å². The van der Waals surface area contributed by atoms with Crippen molar-refractivity contribution in [2.24, 2.45) is 0 Å². The summed E-state index contributed by atoms with van der Waals surface area (Å²) < 4.78 is 5.48. The Labute approximate surface area is 144 Å². The molecule has 2 aromatic heterocycles. The zero-order valence-corrected chi connectivity index (χ0v) is 14.1. The van der Waals surface area contributed by atoms with Crippen LogP contribution in [0.3, 0.4) is 0 Å². The predicted octanol–water partition coefficient (Wildman–Crippen LogP) is 3.46. The lowest BCUT2D eigenvalue weighted by atomic mass is 10.0. The van der Waals surface area contributed by atoms with Gasteiger partial charge in [0.2, 0.25) is 5.82 Å². The van der Waals surface area contributed by atoms with E-state index in [1.54, 1.807) is 23.5 Å². The monoisotopic (exact) mass is 342 g/mol. The summed E-state index contributed by atoms with van der Waals surface area (Å²) in [5, 5.41) is 15.7. The van der Waals surface area contributed by atoms with Crippen LogP contribution < -0.4 is 5.73 Å². The van der Waals surface area contributed by atoms with Gasteiger partial charge >= 0.3 is 0 Å². The summed E-state index contributed by atoms with van der Waals surface area (Å²) in [4.78, 5) is 5.52. The first kappa shape index (κ1) is 16.4. The van der Waals surface area contributed by atoms with Crippen molar-refractivity contribution in [3.63, 3.8) is 0 Å². The van der Waals surface area contributed by atoms with Crippen molar-refractivity contribution in [1.82, 2.24) is 10.1 Å². The first-order valence-electron chi connectivity index (χ1n) is 7.93. The molecule has 3 rings (SSSR count). The molecule has 0 saturated heterocycles. The van der Waals surface area contributed by atoms with Crippen molar-refractivity contribution in [3.8, 4) is 16.5 Å². The summed E-state index contributed by atoms with van der Waals surface area (Å²) >= 11 is 1.58. The second-order valence-electron chi connectivity index (χ2n) is 5.48. The molecule has 0 aliphatic rings. The van der Waals surface area contributed by atoms with Gasteiger partial charge in [-0.05, 0) is 54.5 Å². The van der Waals surface area contributed by atoms with Gasteiger partial charge in [0.05, 0.1) is 11.4 Å². The van der Waals surface area contributed by atoms with Gasteiger partial charge in [-0.2, -0.15) is 4.98 Å². The lowest BCUT2D eigenvalue weighted by Crippen LogP contribution is -2.50. The van der Waals surface area contributed by atoms with Gasteiger partial charge in [-0.3, -0.25) is 0 Å². The highest BCUT2D eigenvalue weighted by molar-refractivity contribution is 7.13. The van der Waals surface area contributed by atoms with Gasteiger partial charge in [-0.15, -0.1) is 11.3 Å². The van der Waals surface area contributed by atoms with Gasteiger partial charge < -0.3 is 15.4 Å². The van der Waals surface area contributed by atoms with E-state index in [9.17, 15) is 5.11 Å². The van der Waals surface area contributed by atoms with Crippen LogP contribution in [-0.4, -0.2) is 21.8 Å². The molecule has 3 aromatic rings. The zero-order chi connectivity index (χ0) is 16.8. The number of aromatic hydroxyl groups is 1. The topological polar surface area (TPSA) is 86.8 Å². The Hall–Kier alpha value is -2.44. The number of nitrogens with zero attached hydrogens (tertiary/aromatic N) is 2. The first-order valence-corrected chi connectivity index (χ1v) is 8.81. The minimum Gasteiger partial charge on any atom is -0.508 e. The van der Waals surface area contributed by atoms with Gasteiger partial charge in [0.15, 0.2) is 0 Å². The second kappa shape index (κ2) is 7.90. The molecule has 0 unspecified atom stereocenters. The van der Waals surface area contributed by atoms with Crippen LogP contribution in [0.5, 0.6) is 5.75 Å². The van der Waals surface area contributed by atoms with Crippen molar-refractivity contribution in [1.29, 1.82) is 0 Å². The molecule has 5 nitrogen and oxygen atoms in total. The number of benzene rings is 1. The molecule has 124 valence electrons. The molecular formula is C18H20N3O2S+. The number of unbranched alkanes of at least 4 members (excludes halogenated alkanes) is 1. The van der Waals surface area contributed by atoms with Crippen LogP contribution in [0.2, 0.25) is 0 Å². The average Bonchev–Trinajstić information content (AvgIpc) is 3.25. The standard InChI is InChI=1S/C18H19N3O2S/c19-9-2-1-6-14(11-13-5-3-7-15(22)12-13)18-20-17(21-23-18)16-8-4-10-24-16/h3-5,7-8,10-12,22H,1-2,6,9,19H2/p+1/b14-11+. The Bertz CT molecular complexity index is 809. The fourth-order valence-corrected chi connectivity index (χ4v) is 3.06. The Morgan fingerprint density at radius 3 is 2.92 bits per heavy atom. The van der Waals surface area contributed by atoms with E-state index in [0.29, 0.717) is 11.7 Å². The molecule has 4 N–H and O–H groups in total. The molecule has 0 saturated carbocycles. The summed E-state index contributed by atoms with van der Waals surface area (Å²) in [5.74, 6) is 1.38. The minimum absolute atomic E-state index is 0.241. The second-order valence-corrected chi connectivity index (χ2v) is 6.42. The fraction of sp³-hybridized carbons (Fsp3) is 0.222. The largest absolute Gasteiger partial charge is 0.508 e. The lowest BCUT2D eigenvalue weighted by molar-refractivity contribution is -0.368. The molecule has 0 amide bonds. The highest BCUT2D eigenvalue weighted by Crippen LogP contribution is 2.27. The molecule has 0 bridgehead atoms. The number of aromatic nitrogens is 2. The smallest absolute Gasteiger partial charge is 0.254 e. The number of phenolic OH excluding ortho intramolecular Hbond substituents is 1. The molecular weight excluding hydrogens is 322 g/mol. The predicted molar refractivity (Wildman–Crippen MR) is 95.2 cm³/mol. The maximum absolute atomic E-state index is 9.65. The van der Waals surface area contributed by atoms with E-state index in [1.165, 1.54) is 0 Å². The molecule has 0 atom stereocenters. The SMILES string of the molecule is [NH3+]CCCC/C(=C\c1cccc(O)c1)c1nc(-c2cccs2)no1. The molecule has 0 fully saturated rings. The third-order valence-electron chi connectivity index (χ3n) is 3.60. The first-order chi connectivity index (χ1) is 11.8. The molecule has 6 heteroatoms. The number of allylic oxidation sites excluding steroid dienone is 1. The molecule has 2 heterocycles. The fourth-order valence-electron chi connectivity index (χ4n) is 2.41. The molecule has 24 heavy (non-hydrogen) atoms. The van der Waals surface area contributed by atoms with Gasteiger partial charge in [-0.25, -0.2) is 0 Å². The number of quaternary nitrogens is 1. The summed E-state index contributed by atoms with van der Waals surface area (Å²) in [7, 11) is 0. The Morgan fingerprint density at radius 1 is 1.25 bits per heavy atom. The number of hydrogen-bond acceptors (Lipinski definition) is 5. The highest BCUT2D eigenvalue weighted by atomic mass is 32.1. The van der Waals surface area contributed by atoms with E-state index in [-0.39, 0.29) is 5.75 Å². The zero-order valence-electron chi connectivity index (χ0n) is 13.3. The summed E-state index contributed by atoms with van der Waals surface area (Å²) in [6, 6.07) is 11.1. The van der Waals surface area contributed by atoms with Crippen LogP contribution in [0.25, 0.3) is 22.4 Å². The van der Waals surface area contributed by atoms with Crippen molar-refractivity contribution in [2.75, 3.05) is 6.54 Å². The van der Waals surface area contributed by atoms with Crippen molar-refractivity contribution >= 4 is 23.0 Å². The van der Waals surface area contributed by atoms with Crippen molar-refractivity contribution in [3.05, 3.63) is 53.2 Å². The average molecular weight is 342 g/mol. The molecule has 0 aliphatic heterocycles. The maximum Gasteiger partial charge on any atom is 0.254 e. The molecule has 0 spiro atoms. The Morgan fingerprint density at radius 2 is 2.17 bits per heavy atom. The number of rotatable bonds is 7. The summed E-state index contributed by atoms with van der Waals surface area (Å²) in [6.45, 7) is 0.906. The van der Waals surface area contributed by atoms with Gasteiger partial charge in [-0.1, -0.05) is 23.4 Å². The normalized spacial score (nSPS) is 11.8. The van der Waals surface area contributed by atoms with Crippen LogP contribution in [0.1, 0.15) is 30.7 Å². The van der Waals surface area contributed by atoms with Crippen LogP contribution in [0.15, 0.2) is 46.3 Å². The van der Waals surface area contributed by atoms with E-state index < -0.39 is 0 Å². The minimum atomic E-state index is 0.241. The van der Waals surface area contributed by atoms with E-state index >= 15 is 0 Å². The third-order valence-corrected chi connectivity index (χ3v) is 4.47. The molecule has 0 aliphatic carbocycles. The lowest BCUT2D eigenvalue weighted by Gasteiger charge is -2.03. The number of thiophene rings is 1. The maximum atomic E-state index is 9.65. The summed E-state index contributed by atoms with van der Waals surface area (Å²) in [6.07, 6.45) is 4.87. The Balaban J connectivity index is 1.89. The van der Waals surface area contributed by atoms with Crippen LogP contribution in [-0.2, 0) is 0 Å². The van der Waals surface area contributed by atoms with Gasteiger partial charge in [0.25, 0.3) is 5.89 Å². The number of hydrogen-bond donors (Lipinski definition) is 2.